The van der Waals surface area contributed by atoms with Crippen LogP contribution in [-0.2, 0) is 14.3 Å². The highest BCUT2D eigenvalue weighted by atomic mass is 16.6. The van der Waals surface area contributed by atoms with Gasteiger partial charge in [-0.25, -0.2) is 0 Å². The minimum atomic E-state index is -0.272. The number of carbonyl (C=O) groups excluding carboxylic acids is 1. The van der Waals surface area contributed by atoms with Crippen molar-refractivity contribution < 1.29 is 14.3 Å². The van der Waals surface area contributed by atoms with Gasteiger partial charge in [0.1, 0.15) is 5.60 Å². The van der Waals surface area contributed by atoms with Crippen LogP contribution in [0.1, 0.15) is 32.6 Å². The number of hydrogen-bond acceptors (Lipinski definition) is 3. The molecule has 3 nitrogen and oxygen atoms in total. The maximum atomic E-state index is 11.0. The molecular weight excluding hydrogens is 156 g/mol. The Morgan fingerprint density at radius 2 is 2.42 bits per heavy atom. The van der Waals surface area contributed by atoms with Gasteiger partial charge in [0.15, 0.2) is 0 Å². The highest BCUT2D eigenvalue weighted by molar-refractivity contribution is 5.70. The highest BCUT2D eigenvalue weighted by Crippen LogP contribution is 2.28. The second kappa shape index (κ2) is 3.90. The summed E-state index contributed by atoms with van der Waals surface area (Å²) in [7, 11) is 1.66. The van der Waals surface area contributed by atoms with Crippen molar-refractivity contribution in [3.05, 3.63) is 0 Å². The summed E-state index contributed by atoms with van der Waals surface area (Å²) in [6, 6.07) is 0. The molecule has 0 saturated carbocycles. The lowest BCUT2D eigenvalue weighted by Gasteiger charge is -2.32. The van der Waals surface area contributed by atoms with E-state index in [1.165, 1.54) is 0 Å². The lowest BCUT2D eigenvalue weighted by Crippen LogP contribution is -2.36. The van der Waals surface area contributed by atoms with Crippen molar-refractivity contribution in [3.8, 4) is 0 Å². The molecule has 0 bridgehead atoms. The highest BCUT2D eigenvalue weighted by Gasteiger charge is 2.31. The van der Waals surface area contributed by atoms with Crippen molar-refractivity contribution in [2.24, 2.45) is 0 Å². The number of rotatable bonds is 3. The molecule has 12 heavy (non-hydrogen) atoms. The second-order valence-electron chi connectivity index (χ2n) is 3.52. The van der Waals surface area contributed by atoms with Crippen LogP contribution in [0.2, 0.25) is 0 Å². The second-order valence-corrected chi connectivity index (χ2v) is 3.52. The molecule has 0 aromatic carbocycles. The van der Waals surface area contributed by atoms with Crippen LogP contribution in [-0.4, -0.2) is 25.3 Å². The SMILES string of the molecule is COCC[C@]1(C)CCCC(=O)O1. The first-order valence-corrected chi connectivity index (χ1v) is 4.37. The third-order valence-electron chi connectivity index (χ3n) is 2.28. The van der Waals surface area contributed by atoms with Crippen LogP contribution in [0.25, 0.3) is 0 Å². The summed E-state index contributed by atoms with van der Waals surface area (Å²) in [5, 5.41) is 0. The molecule has 1 rings (SSSR count). The Balaban J connectivity index is 2.40. The first kappa shape index (κ1) is 9.52. The molecule has 1 aliphatic rings. The van der Waals surface area contributed by atoms with Gasteiger partial charge in [-0.15, -0.1) is 0 Å². The standard InChI is InChI=1S/C9H16O3/c1-9(6-7-11-2)5-3-4-8(10)12-9/h3-7H2,1-2H3/t9-/m0/s1. The Bertz CT molecular complexity index is 167. The van der Waals surface area contributed by atoms with Crippen LogP contribution < -0.4 is 0 Å². The zero-order chi connectivity index (χ0) is 9.03. The van der Waals surface area contributed by atoms with E-state index in [1.54, 1.807) is 7.11 Å². The van der Waals surface area contributed by atoms with Crippen molar-refractivity contribution in [1.82, 2.24) is 0 Å². The molecule has 0 aliphatic carbocycles. The quantitative estimate of drug-likeness (QED) is 0.605. The van der Waals surface area contributed by atoms with Gasteiger partial charge in [0.2, 0.25) is 0 Å². The number of methoxy groups -OCH3 is 1. The molecule has 0 amide bonds. The monoisotopic (exact) mass is 172 g/mol. The van der Waals surface area contributed by atoms with E-state index in [4.69, 9.17) is 9.47 Å². The summed E-state index contributed by atoms with van der Waals surface area (Å²) in [5.74, 6) is -0.0696. The number of cyclic esters (lactones) is 1. The molecule has 70 valence electrons. The van der Waals surface area contributed by atoms with Crippen LogP contribution in [0.5, 0.6) is 0 Å². The van der Waals surface area contributed by atoms with Gasteiger partial charge in [0.05, 0.1) is 0 Å². The van der Waals surface area contributed by atoms with E-state index in [1.807, 2.05) is 6.92 Å². The fourth-order valence-corrected chi connectivity index (χ4v) is 1.48. The van der Waals surface area contributed by atoms with E-state index in [0.29, 0.717) is 13.0 Å². The van der Waals surface area contributed by atoms with Crippen LogP contribution in [0.3, 0.4) is 0 Å². The minimum Gasteiger partial charge on any atom is -0.459 e. The van der Waals surface area contributed by atoms with Crippen LogP contribution in [0.4, 0.5) is 0 Å². The molecule has 1 saturated heterocycles. The Kier molecular flexibility index (Phi) is 3.09. The van der Waals surface area contributed by atoms with Crippen LogP contribution >= 0.6 is 0 Å². The molecule has 0 N–H and O–H groups in total. The number of carbonyl (C=O) groups is 1. The van der Waals surface area contributed by atoms with E-state index >= 15 is 0 Å². The molecule has 3 heteroatoms. The van der Waals surface area contributed by atoms with Crippen molar-refractivity contribution in [3.63, 3.8) is 0 Å². The smallest absolute Gasteiger partial charge is 0.306 e. The van der Waals surface area contributed by atoms with E-state index in [2.05, 4.69) is 0 Å². The number of hydrogen-bond donors (Lipinski definition) is 0. The van der Waals surface area contributed by atoms with Gasteiger partial charge in [-0.3, -0.25) is 4.79 Å². The maximum Gasteiger partial charge on any atom is 0.306 e. The largest absolute Gasteiger partial charge is 0.459 e. The summed E-state index contributed by atoms with van der Waals surface area (Å²) in [4.78, 5) is 11.0. The molecular formula is C9H16O3. The van der Waals surface area contributed by atoms with E-state index in [0.717, 1.165) is 19.3 Å². The van der Waals surface area contributed by atoms with Gasteiger partial charge in [-0.2, -0.15) is 0 Å². The molecule has 1 heterocycles. The third kappa shape index (κ3) is 2.48. The number of esters is 1. The number of ether oxygens (including phenoxy) is 2. The van der Waals surface area contributed by atoms with Crippen molar-refractivity contribution in [2.45, 2.75) is 38.2 Å². The summed E-state index contributed by atoms with van der Waals surface area (Å²) < 4.78 is 10.2. The van der Waals surface area contributed by atoms with Gasteiger partial charge in [-0.1, -0.05) is 0 Å². The first-order chi connectivity index (χ1) is 5.66. The van der Waals surface area contributed by atoms with Crippen molar-refractivity contribution >= 4 is 5.97 Å². The summed E-state index contributed by atoms with van der Waals surface area (Å²) in [5.41, 5.74) is -0.272. The van der Waals surface area contributed by atoms with E-state index in [-0.39, 0.29) is 11.6 Å². The van der Waals surface area contributed by atoms with E-state index in [9.17, 15) is 4.79 Å². The summed E-state index contributed by atoms with van der Waals surface area (Å²) in [6.45, 7) is 2.63. The molecule has 0 spiro atoms. The third-order valence-corrected chi connectivity index (χ3v) is 2.28. The molecule has 1 atom stereocenters. The Morgan fingerprint density at radius 3 is 3.00 bits per heavy atom. The van der Waals surface area contributed by atoms with Crippen LogP contribution in [0.15, 0.2) is 0 Å². The molecule has 0 radical (unpaired) electrons. The van der Waals surface area contributed by atoms with Gasteiger partial charge < -0.3 is 9.47 Å². The average molecular weight is 172 g/mol. The van der Waals surface area contributed by atoms with Gasteiger partial charge in [0.25, 0.3) is 0 Å². The molecule has 1 fully saturated rings. The van der Waals surface area contributed by atoms with E-state index < -0.39 is 0 Å². The zero-order valence-corrected chi connectivity index (χ0v) is 7.76. The summed E-state index contributed by atoms with van der Waals surface area (Å²) in [6.07, 6.45) is 3.28. The Labute approximate surface area is 73.0 Å². The Hall–Kier alpha value is -0.570. The molecule has 1 aliphatic heterocycles. The maximum absolute atomic E-state index is 11.0. The topological polar surface area (TPSA) is 35.5 Å². The Morgan fingerprint density at radius 1 is 1.67 bits per heavy atom. The summed E-state index contributed by atoms with van der Waals surface area (Å²) >= 11 is 0. The lowest BCUT2D eigenvalue weighted by molar-refractivity contribution is -0.166. The predicted molar refractivity (Wildman–Crippen MR) is 44.8 cm³/mol. The van der Waals surface area contributed by atoms with Gasteiger partial charge in [0, 0.05) is 26.6 Å². The van der Waals surface area contributed by atoms with Crippen LogP contribution in [0, 0.1) is 0 Å². The average Bonchev–Trinajstić information content (AvgIpc) is 2.01. The van der Waals surface area contributed by atoms with Gasteiger partial charge >= 0.3 is 5.97 Å². The van der Waals surface area contributed by atoms with Crippen molar-refractivity contribution in [2.75, 3.05) is 13.7 Å². The fourth-order valence-electron chi connectivity index (χ4n) is 1.48. The molecule has 0 unspecified atom stereocenters. The first-order valence-electron chi connectivity index (χ1n) is 4.37. The molecule has 0 aromatic heterocycles. The zero-order valence-electron chi connectivity index (χ0n) is 7.76. The lowest BCUT2D eigenvalue weighted by atomic mass is 9.93. The molecule has 0 aromatic rings. The fraction of sp³-hybridized carbons (Fsp3) is 0.889. The predicted octanol–water partition coefficient (Wildman–Crippen LogP) is 1.51. The normalized spacial score (nSPS) is 30.0. The van der Waals surface area contributed by atoms with Gasteiger partial charge in [-0.05, 0) is 19.8 Å². The minimum absolute atomic E-state index is 0.0696. The van der Waals surface area contributed by atoms with Crippen molar-refractivity contribution in [1.29, 1.82) is 0 Å².